The zero-order chi connectivity index (χ0) is 14.5. The number of carbonyl (C=O) groups excluding carboxylic acids is 1. The molecule has 1 aromatic carbocycles. The van der Waals surface area contributed by atoms with Gasteiger partial charge in [0.15, 0.2) is 0 Å². The zero-order valence-electron chi connectivity index (χ0n) is 11.3. The van der Waals surface area contributed by atoms with E-state index in [0.717, 1.165) is 22.9 Å². The summed E-state index contributed by atoms with van der Waals surface area (Å²) >= 11 is 5.99. The maximum atomic E-state index is 11.7. The van der Waals surface area contributed by atoms with Crippen molar-refractivity contribution in [1.82, 2.24) is 15.2 Å². The Morgan fingerprint density at radius 1 is 1.50 bits per heavy atom. The predicted octanol–water partition coefficient (Wildman–Crippen LogP) is 2.00. The minimum Gasteiger partial charge on any atom is -0.395 e. The van der Waals surface area contributed by atoms with Crippen LogP contribution in [0.2, 0.25) is 5.02 Å². The van der Waals surface area contributed by atoms with Crippen LogP contribution in [-0.4, -0.2) is 47.8 Å². The fourth-order valence-electron chi connectivity index (χ4n) is 2.05. The number of urea groups is 1. The lowest BCUT2D eigenvalue weighted by atomic mass is 10.1. The van der Waals surface area contributed by atoms with Crippen LogP contribution in [0.3, 0.4) is 0 Å². The molecular formula is C14H18ClN3O2. The van der Waals surface area contributed by atoms with Gasteiger partial charge in [-0.2, -0.15) is 0 Å². The molecule has 6 heteroatoms. The highest BCUT2D eigenvalue weighted by atomic mass is 35.5. The standard InChI is InChI=1S/C14H18ClN3O2/c1-18(6-7-19)14(20)16-5-4-10-9-17-13-3-2-11(15)8-12(10)13/h2-3,8-9,17,19H,4-7H2,1H3,(H,16,20). The zero-order valence-corrected chi connectivity index (χ0v) is 12.1. The second kappa shape index (κ2) is 6.63. The first kappa shape index (κ1) is 14.7. The van der Waals surface area contributed by atoms with E-state index in [0.29, 0.717) is 18.1 Å². The van der Waals surface area contributed by atoms with Crippen LogP contribution < -0.4 is 5.32 Å². The third-order valence-corrected chi connectivity index (χ3v) is 3.42. The summed E-state index contributed by atoms with van der Waals surface area (Å²) in [5.74, 6) is 0. The van der Waals surface area contributed by atoms with Gasteiger partial charge in [-0.25, -0.2) is 4.79 Å². The maximum absolute atomic E-state index is 11.7. The van der Waals surface area contributed by atoms with Crippen molar-refractivity contribution in [2.45, 2.75) is 6.42 Å². The molecular weight excluding hydrogens is 278 g/mol. The maximum Gasteiger partial charge on any atom is 0.317 e. The first-order valence-corrected chi connectivity index (χ1v) is 6.85. The molecule has 5 nitrogen and oxygen atoms in total. The molecule has 0 aliphatic heterocycles. The van der Waals surface area contributed by atoms with E-state index in [-0.39, 0.29) is 12.6 Å². The van der Waals surface area contributed by atoms with E-state index in [1.54, 1.807) is 7.05 Å². The van der Waals surface area contributed by atoms with Crippen LogP contribution in [-0.2, 0) is 6.42 Å². The summed E-state index contributed by atoms with van der Waals surface area (Å²) in [6, 6.07) is 5.52. The second-order valence-electron chi connectivity index (χ2n) is 4.63. The topological polar surface area (TPSA) is 68.4 Å². The van der Waals surface area contributed by atoms with E-state index in [2.05, 4.69) is 10.3 Å². The Hall–Kier alpha value is -1.72. The molecule has 1 heterocycles. The number of amides is 2. The van der Waals surface area contributed by atoms with Gasteiger partial charge in [-0.1, -0.05) is 11.6 Å². The summed E-state index contributed by atoms with van der Waals surface area (Å²) in [5.41, 5.74) is 2.15. The van der Waals surface area contributed by atoms with E-state index in [9.17, 15) is 4.79 Å². The molecule has 0 aliphatic rings. The number of nitrogens with one attached hydrogen (secondary N) is 2. The summed E-state index contributed by atoms with van der Waals surface area (Å²) in [4.78, 5) is 16.3. The third-order valence-electron chi connectivity index (χ3n) is 3.18. The molecule has 0 fully saturated rings. The molecule has 0 aliphatic carbocycles. The lowest BCUT2D eigenvalue weighted by Crippen LogP contribution is -2.39. The Bertz CT molecular complexity index is 597. The van der Waals surface area contributed by atoms with Crippen molar-refractivity contribution in [2.75, 3.05) is 26.7 Å². The van der Waals surface area contributed by atoms with E-state index < -0.39 is 0 Å². The van der Waals surface area contributed by atoms with Crippen molar-refractivity contribution in [3.8, 4) is 0 Å². The summed E-state index contributed by atoms with van der Waals surface area (Å²) < 4.78 is 0. The van der Waals surface area contributed by atoms with E-state index >= 15 is 0 Å². The van der Waals surface area contributed by atoms with Crippen molar-refractivity contribution in [3.05, 3.63) is 35.0 Å². The van der Waals surface area contributed by atoms with Gasteiger partial charge >= 0.3 is 6.03 Å². The number of hydrogen-bond acceptors (Lipinski definition) is 2. The number of H-pyrrole nitrogens is 1. The van der Waals surface area contributed by atoms with Crippen molar-refractivity contribution in [1.29, 1.82) is 0 Å². The van der Waals surface area contributed by atoms with Crippen LogP contribution in [0.4, 0.5) is 4.79 Å². The number of benzene rings is 1. The molecule has 0 spiro atoms. The third kappa shape index (κ3) is 3.43. The predicted molar refractivity (Wildman–Crippen MR) is 80.1 cm³/mol. The highest BCUT2D eigenvalue weighted by Gasteiger charge is 2.08. The van der Waals surface area contributed by atoms with Crippen LogP contribution in [0.1, 0.15) is 5.56 Å². The van der Waals surface area contributed by atoms with Crippen molar-refractivity contribution < 1.29 is 9.90 Å². The monoisotopic (exact) mass is 295 g/mol. The van der Waals surface area contributed by atoms with Gasteiger partial charge in [0.1, 0.15) is 0 Å². The van der Waals surface area contributed by atoms with E-state index in [1.165, 1.54) is 4.90 Å². The molecule has 0 radical (unpaired) electrons. The number of halogens is 1. The largest absolute Gasteiger partial charge is 0.395 e. The molecule has 2 amide bonds. The Morgan fingerprint density at radius 3 is 3.05 bits per heavy atom. The van der Waals surface area contributed by atoms with E-state index in [4.69, 9.17) is 16.7 Å². The lowest BCUT2D eigenvalue weighted by Gasteiger charge is -2.16. The number of aliphatic hydroxyl groups is 1. The average molecular weight is 296 g/mol. The minimum absolute atomic E-state index is 0.0368. The van der Waals surface area contributed by atoms with Crippen LogP contribution in [0.25, 0.3) is 10.9 Å². The number of aromatic amines is 1. The Balaban J connectivity index is 1.93. The summed E-state index contributed by atoms with van der Waals surface area (Å²) in [5, 5.41) is 13.4. The van der Waals surface area contributed by atoms with Gasteiger partial charge in [0, 0.05) is 42.3 Å². The molecule has 0 bridgehead atoms. The number of aliphatic hydroxyl groups excluding tert-OH is 1. The molecule has 0 unspecified atom stereocenters. The number of fused-ring (bicyclic) bond motifs is 1. The number of likely N-dealkylation sites (N-methyl/N-ethyl adjacent to an activating group) is 1. The molecule has 3 N–H and O–H groups in total. The molecule has 0 saturated heterocycles. The van der Waals surface area contributed by atoms with Gasteiger partial charge in [0.05, 0.1) is 6.61 Å². The van der Waals surface area contributed by atoms with Crippen LogP contribution in [0.5, 0.6) is 0 Å². The summed E-state index contributed by atoms with van der Waals surface area (Å²) in [7, 11) is 1.65. The van der Waals surface area contributed by atoms with Crippen molar-refractivity contribution >= 4 is 28.5 Å². The normalized spacial score (nSPS) is 10.8. The van der Waals surface area contributed by atoms with Gasteiger partial charge in [-0.05, 0) is 30.2 Å². The van der Waals surface area contributed by atoms with Gasteiger partial charge in [0.25, 0.3) is 0 Å². The second-order valence-corrected chi connectivity index (χ2v) is 5.07. The Labute approximate surface area is 122 Å². The fraction of sp³-hybridized carbons (Fsp3) is 0.357. The van der Waals surface area contributed by atoms with Crippen LogP contribution >= 0.6 is 11.6 Å². The number of rotatable bonds is 5. The molecule has 2 rings (SSSR count). The van der Waals surface area contributed by atoms with Gasteiger partial charge < -0.3 is 20.3 Å². The summed E-state index contributed by atoms with van der Waals surface area (Å²) in [6.45, 7) is 0.827. The number of aromatic nitrogens is 1. The first-order chi connectivity index (χ1) is 9.61. The average Bonchev–Trinajstić information content (AvgIpc) is 2.81. The minimum atomic E-state index is -0.183. The van der Waals surface area contributed by atoms with Crippen molar-refractivity contribution in [2.24, 2.45) is 0 Å². The van der Waals surface area contributed by atoms with Gasteiger partial charge in [-0.15, -0.1) is 0 Å². The van der Waals surface area contributed by atoms with Gasteiger partial charge in [0.2, 0.25) is 0 Å². The summed E-state index contributed by atoms with van der Waals surface area (Å²) in [6.07, 6.45) is 2.66. The first-order valence-electron chi connectivity index (χ1n) is 6.47. The molecule has 1 aromatic heterocycles. The Morgan fingerprint density at radius 2 is 2.30 bits per heavy atom. The molecule has 0 saturated carbocycles. The smallest absolute Gasteiger partial charge is 0.317 e. The molecule has 20 heavy (non-hydrogen) atoms. The molecule has 2 aromatic rings. The van der Waals surface area contributed by atoms with Crippen molar-refractivity contribution in [3.63, 3.8) is 0 Å². The van der Waals surface area contributed by atoms with Gasteiger partial charge in [-0.3, -0.25) is 0 Å². The van der Waals surface area contributed by atoms with Crippen LogP contribution in [0.15, 0.2) is 24.4 Å². The van der Waals surface area contributed by atoms with E-state index in [1.807, 2.05) is 24.4 Å². The Kier molecular flexibility index (Phi) is 4.87. The number of carbonyl (C=O) groups is 1. The molecule has 0 atom stereocenters. The quantitative estimate of drug-likeness (QED) is 0.790. The highest BCUT2D eigenvalue weighted by molar-refractivity contribution is 6.31. The lowest BCUT2D eigenvalue weighted by molar-refractivity contribution is 0.190. The highest BCUT2D eigenvalue weighted by Crippen LogP contribution is 2.22. The van der Waals surface area contributed by atoms with Crippen LogP contribution in [0, 0.1) is 0 Å². The number of nitrogens with zero attached hydrogens (tertiary/aromatic N) is 1. The fourth-order valence-corrected chi connectivity index (χ4v) is 2.22. The SMILES string of the molecule is CN(CCO)C(=O)NCCc1c[nH]c2ccc(Cl)cc12. The molecule has 108 valence electrons. The number of hydrogen-bond donors (Lipinski definition) is 3.